The maximum Gasteiger partial charge on any atom is 0.290 e. The number of aryl methyl sites for hydroxylation is 1. The molecule has 0 saturated heterocycles. The Kier molecular flexibility index (Phi) is 4.49. The first-order valence-electron chi connectivity index (χ1n) is 8.69. The molecule has 1 amide bonds. The van der Waals surface area contributed by atoms with Crippen LogP contribution in [0.3, 0.4) is 0 Å². The molecule has 134 valence electrons. The summed E-state index contributed by atoms with van der Waals surface area (Å²) in [7, 11) is 1.65. The minimum Gasteiger partial charge on any atom is -0.497 e. The summed E-state index contributed by atoms with van der Waals surface area (Å²) in [4.78, 5) is 15.2. The molecule has 0 atom stereocenters. The largest absolute Gasteiger partial charge is 0.497 e. The zero-order chi connectivity index (χ0) is 18.3. The summed E-state index contributed by atoms with van der Waals surface area (Å²) in [5.41, 5.74) is 2.73. The van der Waals surface area contributed by atoms with E-state index in [1.165, 1.54) is 0 Å². The number of fused-ring (bicyclic) bond motifs is 1. The Morgan fingerprint density at radius 2 is 1.96 bits per heavy atom. The number of rotatable bonds is 5. The van der Waals surface area contributed by atoms with Gasteiger partial charge in [0.15, 0.2) is 5.76 Å². The summed E-state index contributed by atoms with van der Waals surface area (Å²) in [6.07, 6.45) is 2.10. The summed E-state index contributed by atoms with van der Waals surface area (Å²) in [5.74, 6) is 1.23. The Bertz CT molecular complexity index is 957. The van der Waals surface area contributed by atoms with Crippen molar-refractivity contribution in [2.24, 2.45) is 0 Å². The maximum absolute atomic E-state index is 13.2. The average Bonchev–Trinajstić information content (AvgIpc) is 3.44. The van der Waals surface area contributed by atoms with Crippen LogP contribution in [0, 0.1) is 6.92 Å². The predicted molar refractivity (Wildman–Crippen MR) is 105 cm³/mol. The number of hydrogen-bond acceptors (Lipinski definition) is 3. The van der Waals surface area contributed by atoms with E-state index < -0.39 is 0 Å². The number of amides is 1. The fourth-order valence-corrected chi connectivity index (χ4v) is 3.57. The third-order valence-corrected chi connectivity index (χ3v) is 5.35. The van der Waals surface area contributed by atoms with Crippen LogP contribution in [0.25, 0.3) is 11.0 Å². The van der Waals surface area contributed by atoms with E-state index in [4.69, 9.17) is 9.15 Å². The van der Waals surface area contributed by atoms with Gasteiger partial charge in [-0.1, -0.05) is 28.1 Å². The van der Waals surface area contributed by atoms with Gasteiger partial charge in [-0.2, -0.15) is 0 Å². The summed E-state index contributed by atoms with van der Waals surface area (Å²) >= 11 is 3.48. The first-order chi connectivity index (χ1) is 12.6. The van der Waals surface area contributed by atoms with Crippen molar-refractivity contribution in [2.45, 2.75) is 32.4 Å². The Morgan fingerprint density at radius 3 is 2.62 bits per heavy atom. The van der Waals surface area contributed by atoms with Crippen LogP contribution in [0.4, 0.5) is 0 Å². The van der Waals surface area contributed by atoms with Crippen molar-refractivity contribution in [3.8, 4) is 5.75 Å². The molecule has 1 fully saturated rings. The van der Waals surface area contributed by atoms with Gasteiger partial charge in [0.05, 0.1) is 7.11 Å². The molecular formula is C21H20BrNO3. The summed E-state index contributed by atoms with van der Waals surface area (Å²) in [6.45, 7) is 2.53. The molecule has 3 aromatic rings. The van der Waals surface area contributed by atoms with Crippen molar-refractivity contribution in [3.63, 3.8) is 0 Å². The number of benzene rings is 2. The summed E-state index contributed by atoms with van der Waals surface area (Å²) < 4.78 is 12.1. The lowest BCUT2D eigenvalue weighted by atomic mass is 10.1. The van der Waals surface area contributed by atoms with Gasteiger partial charge in [-0.25, -0.2) is 0 Å². The van der Waals surface area contributed by atoms with Crippen LogP contribution in [0.5, 0.6) is 5.75 Å². The third kappa shape index (κ3) is 3.23. The molecule has 0 bridgehead atoms. The second kappa shape index (κ2) is 6.80. The second-order valence-electron chi connectivity index (χ2n) is 6.71. The van der Waals surface area contributed by atoms with Crippen molar-refractivity contribution in [3.05, 3.63) is 63.8 Å². The Balaban J connectivity index is 1.64. The number of ether oxygens (including phenoxy) is 1. The summed E-state index contributed by atoms with van der Waals surface area (Å²) in [5, 5.41) is 0.975. The molecule has 0 N–H and O–H groups in total. The van der Waals surface area contributed by atoms with Gasteiger partial charge < -0.3 is 14.1 Å². The number of furan rings is 1. The molecule has 0 unspecified atom stereocenters. The van der Waals surface area contributed by atoms with E-state index in [0.717, 1.165) is 45.2 Å². The zero-order valence-electron chi connectivity index (χ0n) is 14.8. The fourth-order valence-electron chi connectivity index (χ4n) is 3.21. The standard InChI is InChI=1S/C21H20BrNO3/c1-13-18-11-15(22)5-10-19(18)26-20(13)21(24)23(16-6-7-16)12-14-3-8-17(25-2)9-4-14/h3-5,8-11,16H,6-7,12H2,1-2H3. The van der Waals surface area contributed by atoms with Crippen LogP contribution in [0.1, 0.15) is 34.5 Å². The molecule has 4 rings (SSSR count). The van der Waals surface area contributed by atoms with Gasteiger partial charge in [0, 0.05) is 28.0 Å². The van der Waals surface area contributed by atoms with Crippen molar-refractivity contribution >= 4 is 32.8 Å². The van der Waals surface area contributed by atoms with Crippen LogP contribution in [0.15, 0.2) is 51.4 Å². The molecule has 4 nitrogen and oxygen atoms in total. The van der Waals surface area contributed by atoms with Crippen molar-refractivity contribution < 1.29 is 13.9 Å². The van der Waals surface area contributed by atoms with E-state index in [0.29, 0.717) is 18.3 Å². The van der Waals surface area contributed by atoms with E-state index in [1.807, 2.05) is 54.3 Å². The number of methoxy groups -OCH3 is 1. The van der Waals surface area contributed by atoms with Gasteiger partial charge in [0.1, 0.15) is 11.3 Å². The van der Waals surface area contributed by atoms with Crippen molar-refractivity contribution in [1.82, 2.24) is 4.90 Å². The lowest BCUT2D eigenvalue weighted by molar-refractivity contribution is 0.0699. The smallest absolute Gasteiger partial charge is 0.290 e. The number of hydrogen-bond donors (Lipinski definition) is 0. The molecule has 2 aromatic carbocycles. The van der Waals surface area contributed by atoms with Crippen LogP contribution in [-0.2, 0) is 6.54 Å². The van der Waals surface area contributed by atoms with E-state index in [-0.39, 0.29) is 5.91 Å². The second-order valence-corrected chi connectivity index (χ2v) is 7.62. The number of carbonyl (C=O) groups is 1. The van der Waals surface area contributed by atoms with Gasteiger partial charge >= 0.3 is 0 Å². The van der Waals surface area contributed by atoms with Crippen LogP contribution < -0.4 is 4.74 Å². The molecule has 0 aliphatic heterocycles. The Morgan fingerprint density at radius 1 is 1.23 bits per heavy atom. The Labute approximate surface area is 160 Å². The van der Waals surface area contributed by atoms with E-state index in [9.17, 15) is 4.79 Å². The third-order valence-electron chi connectivity index (χ3n) is 4.85. The normalized spacial score (nSPS) is 13.8. The zero-order valence-corrected chi connectivity index (χ0v) is 16.4. The van der Waals surface area contributed by atoms with E-state index in [2.05, 4.69) is 15.9 Å². The van der Waals surface area contributed by atoms with Crippen LogP contribution >= 0.6 is 15.9 Å². The molecule has 5 heteroatoms. The average molecular weight is 414 g/mol. The summed E-state index contributed by atoms with van der Waals surface area (Å²) in [6, 6.07) is 14.0. The highest BCUT2D eigenvalue weighted by molar-refractivity contribution is 9.10. The number of carbonyl (C=O) groups excluding carboxylic acids is 1. The monoisotopic (exact) mass is 413 g/mol. The molecule has 26 heavy (non-hydrogen) atoms. The molecule has 0 spiro atoms. The Hall–Kier alpha value is -2.27. The number of halogens is 1. The molecule has 1 aromatic heterocycles. The molecular weight excluding hydrogens is 394 g/mol. The van der Waals surface area contributed by atoms with Gasteiger partial charge in [-0.15, -0.1) is 0 Å². The van der Waals surface area contributed by atoms with E-state index >= 15 is 0 Å². The van der Waals surface area contributed by atoms with Crippen LogP contribution in [0.2, 0.25) is 0 Å². The predicted octanol–water partition coefficient (Wildman–Crippen LogP) is 5.32. The minimum atomic E-state index is -0.0341. The van der Waals surface area contributed by atoms with Gasteiger partial charge in [0.2, 0.25) is 0 Å². The lowest BCUT2D eigenvalue weighted by Crippen LogP contribution is -2.32. The van der Waals surface area contributed by atoms with Crippen molar-refractivity contribution in [2.75, 3.05) is 7.11 Å². The van der Waals surface area contributed by atoms with Gasteiger partial charge in [-0.05, 0) is 55.7 Å². The molecule has 1 aliphatic carbocycles. The first-order valence-corrected chi connectivity index (χ1v) is 9.48. The molecule has 0 radical (unpaired) electrons. The van der Waals surface area contributed by atoms with Crippen LogP contribution in [-0.4, -0.2) is 24.0 Å². The maximum atomic E-state index is 13.2. The lowest BCUT2D eigenvalue weighted by Gasteiger charge is -2.22. The van der Waals surface area contributed by atoms with Gasteiger partial charge in [-0.3, -0.25) is 4.79 Å². The fraction of sp³-hybridized carbons (Fsp3) is 0.286. The topological polar surface area (TPSA) is 42.7 Å². The molecule has 1 aliphatic rings. The highest BCUT2D eigenvalue weighted by atomic mass is 79.9. The highest BCUT2D eigenvalue weighted by Crippen LogP contribution is 2.33. The highest BCUT2D eigenvalue weighted by Gasteiger charge is 2.35. The minimum absolute atomic E-state index is 0.0341. The molecule has 1 saturated carbocycles. The van der Waals surface area contributed by atoms with Crippen molar-refractivity contribution in [1.29, 1.82) is 0 Å². The van der Waals surface area contributed by atoms with E-state index in [1.54, 1.807) is 7.11 Å². The number of nitrogens with zero attached hydrogens (tertiary/aromatic N) is 1. The first kappa shape index (κ1) is 17.2. The molecule has 1 heterocycles. The SMILES string of the molecule is COc1ccc(CN(C(=O)c2oc3ccc(Br)cc3c2C)C2CC2)cc1. The van der Waals surface area contributed by atoms with Gasteiger partial charge in [0.25, 0.3) is 5.91 Å². The quantitative estimate of drug-likeness (QED) is 0.568.